The van der Waals surface area contributed by atoms with Crippen LogP contribution in [0.5, 0.6) is 0 Å². The van der Waals surface area contributed by atoms with Gasteiger partial charge in [0.1, 0.15) is 23.5 Å². The lowest BCUT2D eigenvalue weighted by atomic mass is 10.1. The molecule has 1 aromatic carbocycles. The van der Waals surface area contributed by atoms with E-state index < -0.39 is 18.1 Å². The SMILES string of the molecule is CC1OC(c2cc3ccccc3o2)CNC1C(=O)O. The molecule has 0 radical (unpaired) electrons. The van der Waals surface area contributed by atoms with Crippen LogP contribution in [0.1, 0.15) is 18.8 Å². The van der Waals surface area contributed by atoms with Crippen molar-refractivity contribution in [1.82, 2.24) is 5.32 Å². The van der Waals surface area contributed by atoms with Crippen LogP contribution in [0.3, 0.4) is 0 Å². The Balaban J connectivity index is 1.82. The van der Waals surface area contributed by atoms with E-state index in [4.69, 9.17) is 14.3 Å². The number of fused-ring (bicyclic) bond motifs is 1. The Hall–Kier alpha value is -1.85. The fraction of sp³-hybridized carbons (Fsp3) is 0.357. The van der Waals surface area contributed by atoms with Crippen LogP contribution in [0, 0.1) is 0 Å². The number of carbonyl (C=O) groups is 1. The second-order valence-corrected chi connectivity index (χ2v) is 4.74. The fourth-order valence-corrected chi connectivity index (χ4v) is 2.40. The van der Waals surface area contributed by atoms with Crippen molar-refractivity contribution in [3.63, 3.8) is 0 Å². The molecule has 1 aromatic heterocycles. The molecule has 1 fully saturated rings. The predicted molar refractivity (Wildman–Crippen MR) is 68.9 cm³/mol. The van der Waals surface area contributed by atoms with Crippen LogP contribution in [0.4, 0.5) is 0 Å². The first kappa shape index (κ1) is 12.2. The third kappa shape index (κ3) is 2.22. The number of aliphatic carboxylic acids is 1. The van der Waals surface area contributed by atoms with Gasteiger partial charge in [0, 0.05) is 11.9 Å². The summed E-state index contributed by atoms with van der Waals surface area (Å²) in [7, 11) is 0. The van der Waals surface area contributed by atoms with Gasteiger partial charge < -0.3 is 14.3 Å². The van der Waals surface area contributed by atoms with Gasteiger partial charge in [0.2, 0.25) is 0 Å². The van der Waals surface area contributed by atoms with Crippen LogP contribution >= 0.6 is 0 Å². The van der Waals surface area contributed by atoms with Gasteiger partial charge in [-0.15, -0.1) is 0 Å². The highest BCUT2D eigenvalue weighted by atomic mass is 16.5. The van der Waals surface area contributed by atoms with E-state index in [0.29, 0.717) is 6.54 Å². The number of furan rings is 1. The van der Waals surface area contributed by atoms with Crippen molar-refractivity contribution in [2.75, 3.05) is 6.54 Å². The van der Waals surface area contributed by atoms with Crippen molar-refractivity contribution >= 4 is 16.9 Å². The number of carboxylic acid groups (broad SMARTS) is 1. The zero-order chi connectivity index (χ0) is 13.4. The van der Waals surface area contributed by atoms with Crippen molar-refractivity contribution in [3.05, 3.63) is 36.1 Å². The summed E-state index contributed by atoms with van der Waals surface area (Å²) in [4.78, 5) is 11.0. The lowest BCUT2D eigenvalue weighted by molar-refractivity contribution is -0.150. The molecular formula is C14H15NO4. The Bertz CT molecular complexity index is 573. The summed E-state index contributed by atoms with van der Waals surface area (Å²) in [6, 6.07) is 9.01. The maximum absolute atomic E-state index is 11.0. The van der Waals surface area contributed by atoms with E-state index in [1.54, 1.807) is 6.92 Å². The summed E-state index contributed by atoms with van der Waals surface area (Å²) in [5, 5.41) is 13.0. The Labute approximate surface area is 110 Å². The average molecular weight is 261 g/mol. The van der Waals surface area contributed by atoms with Crippen LogP contribution in [0.25, 0.3) is 11.0 Å². The summed E-state index contributed by atoms with van der Waals surface area (Å²) in [5.41, 5.74) is 0.814. The number of para-hydroxylation sites is 1. The maximum Gasteiger partial charge on any atom is 0.323 e. The van der Waals surface area contributed by atoms with E-state index in [9.17, 15) is 4.79 Å². The van der Waals surface area contributed by atoms with E-state index in [0.717, 1.165) is 16.7 Å². The summed E-state index contributed by atoms with van der Waals surface area (Å²) < 4.78 is 11.5. The van der Waals surface area contributed by atoms with Crippen LogP contribution < -0.4 is 5.32 Å². The molecule has 0 spiro atoms. The third-order valence-corrected chi connectivity index (χ3v) is 3.40. The van der Waals surface area contributed by atoms with Gasteiger partial charge in [-0.3, -0.25) is 10.1 Å². The molecule has 1 aliphatic rings. The molecule has 19 heavy (non-hydrogen) atoms. The van der Waals surface area contributed by atoms with Crippen molar-refractivity contribution in [2.24, 2.45) is 0 Å². The average Bonchev–Trinajstić information content (AvgIpc) is 2.81. The van der Waals surface area contributed by atoms with E-state index in [-0.39, 0.29) is 6.10 Å². The second kappa shape index (κ2) is 4.68. The number of nitrogens with one attached hydrogen (secondary N) is 1. The summed E-state index contributed by atoms with van der Waals surface area (Å²) in [6.45, 7) is 2.18. The van der Waals surface area contributed by atoms with Gasteiger partial charge in [-0.25, -0.2) is 0 Å². The van der Waals surface area contributed by atoms with Gasteiger partial charge in [-0.2, -0.15) is 0 Å². The fourth-order valence-electron chi connectivity index (χ4n) is 2.40. The minimum absolute atomic E-state index is 0.252. The molecule has 5 nitrogen and oxygen atoms in total. The summed E-state index contributed by atoms with van der Waals surface area (Å²) >= 11 is 0. The standard InChI is InChI=1S/C14H15NO4/c1-8-13(14(16)17)15-7-12(18-8)11-6-9-4-2-3-5-10(9)19-11/h2-6,8,12-13,15H,7H2,1H3,(H,16,17). The molecule has 0 saturated carbocycles. The zero-order valence-corrected chi connectivity index (χ0v) is 10.5. The van der Waals surface area contributed by atoms with E-state index >= 15 is 0 Å². The van der Waals surface area contributed by atoms with Crippen molar-refractivity contribution < 1.29 is 19.1 Å². The molecule has 1 saturated heterocycles. The summed E-state index contributed by atoms with van der Waals surface area (Å²) in [5.74, 6) is -0.167. The highest BCUT2D eigenvalue weighted by Gasteiger charge is 2.34. The monoisotopic (exact) mass is 261 g/mol. The molecule has 5 heteroatoms. The Morgan fingerprint density at radius 1 is 1.42 bits per heavy atom. The first-order chi connectivity index (χ1) is 9.15. The quantitative estimate of drug-likeness (QED) is 0.864. The minimum Gasteiger partial charge on any atom is -0.480 e. The lowest BCUT2D eigenvalue weighted by Gasteiger charge is -2.32. The molecule has 0 amide bonds. The van der Waals surface area contributed by atoms with Crippen molar-refractivity contribution in [1.29, 1.82) is 0 Å². The number of rotatable bonds is 2. The van der Waals surface area contributed by atoms with E-state index in [2.05, 4.69) is 5.32 Å². The van der Waals surface area contributed by atoms with Crippen molar-refractivity contribution in [3.8, 4) is 0 Å². The first-order valence-electron chi connectivity index (χ1n) is 6.25. The van der Waals surface area contributed by atoms with Gasteiger partial charge in [-0.1, -0.05) is 18.2 Å². The second-order valence-electron chi connectivity index (χ2n) is 4.74. The molecule has 100 valence electrons. The maximum atomic E-state index is 11.0. The largest absolute Gasteiger partial charge is 0.480 e. The minimum atomic E-state index is -0.893. The molecule has 3 unspecified atom stereocenters. The number of hydrogen-bond acceptors (Lipinski definition) is 4. The van der Waals surface area contributed by atoms with Gasteiger partial charge in [-0.05, 0) is 19.1 Å². The van der Waals surface area contributed by atoms with Crippen LogP contribution in [0.15, 0.2) is 34.7 Å². The van der Waals surface area contributed by atoms with Crippen LogP contribution in [-0.4, -0.2) is 29.8 Å². The number of carboxylic acids is 1. The molecule has 0 aliphatic carbocycles. The molecule has 2 heterocycles. The third-order valence-electron chi connectivity index (χ3n) is 3.40. The van der Waals surface area contributed by atoms with E-state index in [1.165, 1.54) is 0 Å². The predicted octanol–water partition coefficient (Wildman–Crippen LogP) is 1.94. The van der Waals surface area contributed by atoms with Gasteiger partial charge in [0.05, 0.1) is 6.10 Å². The Kier molecular flexibility index (Phi) is 3.00. The Morgan fingerprint density at radius 3 is 2.89 bits per heavy atom. The number of morpholine rings is 1. The molecule has 3 atom stereocenters. The highest BCUT2D eigenvalue weighted by Crippen LogP contribution is 2.29. The molecular weight excluding hydrogens is 246 g/mol. The topological polar surface area (TPSA) is 71.7 Å². The highest BCUT2D eigenvalue weighted by molar-refractivity contribution is 5.78. The normalized spacial score (nSPS) is 27.5. The number of benzene rings is 1. The van der Waals surface area contributed by atoms with Gasteiger partial charge in [0.15, 0.2) is 0 Å². The van der Waals surface area contributed by atoms with E-state index in [1.807, 2.05) is 30.3 Å². The first-order valence-corrected chi connectivity index (χ1v) is 6.25. The smallest absolute Gasteiger partial charge is 0.323 e. The molecule has 2 aromatic rings. The van der Waals surface area contributed by atoms with Gasteiger partial charge in [0.25, 0.3) is 0 Å². The van der Waals surface area contributed by atoms with Crippen LogP contribution in [0.2, 0.25) is 0 Å². The molecule has 3 rings (SSSR count). The lowest BCUT2D eigenvalue weighted by Crippen LogP contribution is -2.52. The Morgan fingerprint density at radius 2 is 2.21 bits per heavy atom. The molecule has 2 N–H and O–H groups in total. The zero-order valence-electron chi connectivity index (χ0n) is 10.5. The van der Waals surface area contributed by atoms with Crippen LogP contribution in [-0.2, 0) is 9.53 Å². The molecule has 1 aliphatic heterocycles. The molecule has 0 bridgehead atoms. The number of hydrogen-bond donors (Lipinski definition) is 2. The number of ether oxygens (including phenoxy) is 1. The summed E-state index contributed by atoms with van der Waals surface area (Å²) in [6.07, 6.45) is -0.650. The van der Waals surface area contributed by atoms with Crippen molar-refractivity contribution in [2.45, 2.75) is 25.2 Å². The van der Waals surface area contributed by atoms with Gasteiger partial charge >= 0.3 is 5.97 Å².